The Morgan fingerprint density at radius 2 is 1.74 bits per heavy atom. The van der Waals surface area contributed by atoms with Crippen LogP contribution in [0.1, 0.15) is 17.9 Å². The summed E-state index contributed by atoms with van der Waals surface area (Å²) in [6, 6.07) is 5.50. The molecule has 1 aliphatic heterocycles. The number of aliphatic hydroxyl groups excluding tert-OH is 1. The van der Waals surface area contributed by atoms with Crippen molar-refractivity contribution in [2.45, 2.75) is 13.3 Å². The summed E-state index contributed by atoms with van der Waals surface area (Å²) >= 11 is 0. The molecule has 0 aliphatic carbocycles. The average Bonchev–Trinajstić information content (AvgIpc) is 2.77. The molecule has 31 heavy (non-hydrogen) atoms. The molecule has 9 heteroatoms. The van der Waals surface area contributed by atoms with Crippen LogP contribution in [0.5, 0.6) is 0 Å². The molecule has 1 aromatic heterocycles. The van der Waals surface area contributed by atoms with Gasteiger partial charge in [-0.1, -0.05) is 18.2 Å². The summed E-state index contributed by atoms with van der Waals surface area (Å²) in [6.45, 7) is 5.21. The molecule has 2 heterocycles. The van der Waals surface area contributed by atoms with Gasteiger partial charge in [-0.05, 0) is 25.0 Å². The van der Waals surface area contributed by atoms with Crippen molar-refractivity contribution in [3.05, 3.63) is 46.1 Å². The normalized spacial score (nSPS) is 13.9. The van der Waals surface area contributed by atoms with Gasteiger partial charge in [0, 0.05) is 6.54 Å². The standard InChI is InChI=1S/C22H28N2O7/c1-16-4-2-6-18-19(16)22(26)31-21(24-18)17-5-3-7-23-20(17)30-15-14-29-13-12-28-11-10-27-9-8-25/h2,4-6,25H,3,7-15H2,1H3. The van der Waals surface area contributed by atoms with E-state index in [-0.39, 0.29) is 12.5 Å². The van der Waals surface area contributed by atoms with E-state index in [9.17, 15) is 4.79 Å². The first-order valence-electron chi connectivity index (χ1n) is 10.3. The molecule has 1 aliphatic rings. The molecule has 0 saturated carbocycles. The van der Waals surface area contributed by atoms with Gasteiger partial charge >= 0.3 is 5.63 Å². The summed E-state index contributed by atoms with van der Waals surface area (Å²) < 4.78 is 27.2. The van der Waals surface area contributed by atoms with Gasteiger partial charge in [-0.3, -0.25) is 4.99 Å². The molecule has 0 atom stereocenters. The van der Waals surface area contributed by atoms with E-state index in [0.717, 1.165) is 12.0 Å². The third-order valence-electron chi connectivity index (χ3n) is 4.51. The maximum Gasteiger partial charge on any atom is 0.347 e. The monoisotopic (exact) mass is 432 g/mol. The summed E-state index contributed by atoms with van der Waals surface area (Å²) in [5.74, 6) is 0.606. The van der Waals surface area contributed by atoms with Crippen LogP contribution in [-0.2, 0) is 18.9 Å². The molecule has 0 fully saturated rings. The van der Waals surface area contributed by atoms with Crippen LogP contribution in [0, 0.1) is 6.92 Å². The topological polar surface area (TPSA) is 113 Å². The molecule has 3 rings (SSSR count). The van der Waals surface area contributed by atoms with E-state index in [2.05, 4.69) is 9.98 Å². The van der Waals surface area contributed by atoms with Crippen LogP contribution < -0.4 is 5.63 Å². The Labute approximate surface area is 180 Å². The van der Waals surface area contributed by atoms with Gasteiger partial charge in [0.2, 0.25) is 11.8 Å². The molecular weight excluding hydrogens is 404 g/mol. The highest BCUT2D eigenvalue weighted by Gasteiger charge is 2.20. The molecule has 0 radical (unpaired) electrons. The number of hydrogen-bond donors (Lipinski definition) is 1. The Kier molecular flexibility index (Phi) is 9.16. The van der Waals surface area contributed by atoms with Gasteiger partial charge in [-0.2, -0.15) is 0 Å². The number of aromatic nitrogens is 1. The van der Waals surface area contributed by atoms with Crippen LogP contribution in [0.2, 0.25) is 0 Å². The lowest BCUT2D eigenvalue weighted by Crippen LogP contribution is -2.18. The molecule has 1 aromatic carbocycles. The predicted octanol–water partition coefficient (Wildman–Crippen LogP) is 1.74. The molecule has 0 amide bonds. The van der Waals surface area contributed by atoms with Gasteiger partial charge in [0.15, 0.2) is 0 Å². The van der Waals surface area contributed by atoms with Crippen molar-refractivity contribution in [1.29, 1.82) is 0 Å². The van der Waals surface area contributed by atoms with Gasteiger partial charge < -0.3 is 28.5 Å². The molecule has 0 unspecified atom stereocenters. The number of dihydropyridines is 1. The van der Waals surface area contributed by atoms with Crippen LogP contribution in [0.4, 0.5) is 0 Å². The van der Waals surface area contributed by atoms with Gasteiger partial charge in [0.05, 0.1) is 62.7 Å². The fourth-order valence-electron chi connectivity index (χ4n) is 3.05. The third kappa shape index (κ3) is 6.70. The highest BCUT2D eigenvalue weighted by Crippen LogP contribution is 2.21. The van der Waals surface area contributed by atoms with Crippen LogP contribution in [0.3, 0.4) is 0 Å². The second-order valence-electron chi connectivity index (χ2n) is 6.78. The van der Waals surface area contributed by atoms with Crippen molar-refractivity contribution in [2.75, 3.05) is 59.4 Å². The largest absolute Gasteiger partial charge is 0.475 e. The summed E-state index contributed by atoms with van der Waals surface area (Å²) in [7, 11) is 0. The number of aryl methyl sites for hydroxylation is 1. The minimum Gasteiger partial charge on any atom is -0.475 e. The van der Waals surface area contributed by atoms with Crippen LogP contribution in [0.25, 0.3) is 16.5 Å². The van der Waals surface area contributed by atoms with E-state index in [1.54, 1.807) is 6.07 Å². The zero-order valence-electron chi connectivity index (χ0n) is 17.7. The van der Waals surface area contributed by atoms with Crippen molar-refractivity contribution in [3.63, 3.8) is 0 Å². The lowest BCUT2D eigenvalue weighted by atomic mass is 10.1. The fraction of sp³-hybridized carbons (Fsp3) is 0.500. The second kappa shape index (κ2) is 12.3. The van der Waals surface area contributed by atoms with E-state index >= 15 is 0 Å². The van der Waals surface area contributed by atoms with Crippen molar-refractivity contribution in [3.8, 4) is 0 Å². The Bertz CT molecular complexity index is 968. The minimum atomic E-state index is -0.422. The number of ether oxygens (including phenoxy) is 4. The molecule has 168 valence electrons. The highest BCUT2D eigenvalue weighted by molar-refractivity contribution is 6.18. The van der Waals surface area contributed by atoms with Gasteiger partial charge in [-0.25, -0.2) is 9.78 Å². The predicted molar refractivity (Wildman–Crippen MR) is 115 cm³/mol. The fourth-order valence-corrected chi connectivity index (χ4v) is 3.05. The number of hydrogen-bond acceptors (Lipinski definition) is 9. The zero-order valence-corrected chi connectivity index (χ0v) is 17.7. The van der Waals surface area contributed by atoms with E-state index in [0.29, 0.717) is 75.2 Å². The van der Waals surface area contributed by atoms with Crippen molar-refractivity contribution in [2.24, 2.45) is 4.99 Å². The van der Waals surface area contributed by atoms with Crippen LogP contribution >= 0.6 is 0 Å². The Morgan fingerprint density at radius 1 is 1.03 bits per heavy atom. The summed E-state index contributed by atoms with van der Waals surface area (Å²) in [6.07, 6.45) is 2.64. The molecule has 0 bridgehead atoms. The van der Waals surface area contributed by atoms with Crippen molar-refractivity contribution in [1.82, 2.24) is 4.98 Å². The molecule has 2 aromatic rings. The first-order valence-corrected chi connectivity index (χ1v) is 10.3. The maximum atomic E-state index is 12.5. The number of aliphatic imine (C=N–C) groups is 1. The number of nitrogens with zero attached hydrogens (tertiary/aromatic N) is 2. The lowest BCUT2D eigenvalue weighted by Gasteiger charge is -2.15. The zero-order chi connectivity index (χ0) is 21.9. The Hall–Kier alpha value is -2.59. The summed E-state index contributed by atoms with van der Waals surface area (Å²) in [4.78, 5) is 21.4. The second-order valence-corrected chi connectivity index (χ2v) is 6.78. The van der Waals surface area contributed by atoms with Gasteiger partial charge in [0.25, 0.3) is 0 Å². The number of rotatable bonds is 12. The number of fused-ring (bicyclic) bond motifs is 1. The van der Waals surface area contributed by atoms with Crippen LogP contribution in [-0.4, -0.2) is 75.4 Å². The quantitative estimate of drug-likeness (QED) is 0.505. The molecule has 9 nitrogen and oxygen atoms in total. The van der Waals surface area contributed by atoms with E-state index in [4.69, 9.17) is 28.5 Å². The first-order chi connectivity index (χ1) is 15.2. The number of benzene rings is 1. The Balaban J connectivity index is 1.47. The summed E-state index contributed by atoms with van der Waals surface area (Å²) in [5, 5.41) is 9.08. The van der Waals surface area contributed by atoms with Crippen molar-refractivity contribution < 1.29 is 28.5 Å². The SMILES string of the molecule is Cc1cccc2nc(C3=CCCN=C3OCCOCCOCCOCCO)oc(=O)c12. The first kappa shape index (κ1) is 23.1. The molecule has 0 spiro atoms. The highest BCUT2D eigenvalue weighted by atomic mass is 16.6. The lowest BCUT2D eigenvalue weighted by molar-refractivity contribution is 0.00311. The number of aliphatic hydroxyl groups is 1. The van der Waals surface area contributed by atoms with Gasteiger partial charge in [-0.15, -0.1) is 0 Å². The smallest absolute Gasteiger partial charge is 0.347 e. The third-order valence-corrected chi connectivity index (χ3v) is 4.51. The summed E-state index contributed by atoms with van der Waals surface area (Å²) in [5.41, 5.74) is 1.57. The molecular formula is C22H28N2O7. The minimum absolute atomic E-state index is 0.00798. The van der Waals surface area contributed by atoms with Crippen molar-refractivity contribution >= 4 is 22.4 Å². The molecule has 1 N–H and O–H groups in total. The molecule has 0 saturated heterocycles. The van der Waals surface area contributed by atoms with E-state index < -0.39 is 5.63 Å². The Morgan fingerprint density at radius 3 is 2.48 bits per heavy atom. The van der Waals surface area contributed by atoms with E-state index in [1.165, 1.54) is 0 Å². The van der Waals surface area contributed by atoms with E-state index in [1.807, 2.05) is 25.1 Å². The average molecular weight is 432 g/mol. The van der Waals surface area contributed by atoms with Crippen LogP contribution in [0.15, 0.2) is 38.5 Å². The maximum absolute atomic E-state index is 12.5. The van der Waals surface area contributed by atoms with Gasteiger partial charge in [0.1, 0.15) is 6.61 Å².